The molecule has 0 fully saturated rings. The predicted molar refractivity (Wildman–Crippen MR) is 74.7 cm³/mol. The first-order chi connectivity index (χ1) is 8.22. The molecule has 0 radical (unpaired) electrons. The second kappa shape index (κ2) is 7.21. The van der Waals surface area contributed by atoms with Crippen molar-refractivity contribution < 1.29 is 5.11 Å². The van der Waals surface area contributed by atoms with Crippen LogP contribution in [0.5, 0.6) is 5.75 Å². The normalized spacial score (nSPS) is 10.8. The first kappa shape index (κ1) is 13.9. The van der Waals surface area contributed by atoms with Gasteiger partial charge in [0.1, 0.15) is 5.75 Å². The summed E-state index contributed by atoms with van der Waals surface area (Å²) in [6, 6.07) is 8.19. The minimum atomic E-state index is 0.356. The van der Waals surface area contributed by atoms with Crippen molar-refractivity contribution in [2.45, 2.75) is 52.5 Å². The van der Waals surface area contributed by atoms with Crippen LogP contribution in [0.2, 0.25) is 0 Å². The Morgan fingerprint density at radius 3 is 2.41 bits per heavy atom. The van der Waals surface area contributed by atoms with Crippen LogP contribution < -0.4 is 4.90 Å². The van der Waals surface area contributed by atoms with Crippen LogP contribution in [0.1, 0.15) is 46.5 Å². The van der Waals surface area contributed by atoms with Gasteiger partial charge in [-0.05, 0) is 31.4 Å². The topological polar surface area (TPSA) is 23.5 Å². The van der Waals surface area contributed by atoms with E-state index in [4.69, 9.17) is 0 Å². The number of hydrogen-bond acceptors (Lipinski definition) is 2. The van der Waals surface area contributed by atoms with Gasteiger partial charge < -0.3 is 10.0 Å². The molecule has 2 heteroatoms. The summed E-state index contributed by atoms with van der Waals surface area (Å²) >= 11 is 0. The highest BCUT2D eigenvalue weighted by atomic mass is 16.3. The Bertz CT molecular complexity index is 320. The highest BCUT2D eigenvalue weighted by molar-refractivity contribution is 5.51. The molecular weight excluding hydrogens is 210 g/mol. The lowest BCUT2D eigenvalue weighted by Gasteiger charge is -2.32. The number of anilines is 1. The van der Waals surface area contributed by atoms with Gasteiger partial charge in [-0.3, -0.25) is 0 Å². The van der Waals surface area contributed by atoms with Gasteiger partial charge in [-0.15, -0.1) is 0 Å². The van der Waals surface area contributed by atoms with Crippen LogP contribution in [-0.4, -0.2) is 17.7 Å². The minimum absolute atomic E-state index is 0.356. The molecule has 0 aliphatic carbocycles. The molecule has 0 saturated heterocycles. The minimum Gasteiger partial charge on any atom is -0.508 e. The van der Waals surface area contributed by atoms with Crippen LogP contribution in [0.15, 0.2) is 24.3 Å². The zero-order valence-corrected chi connectivity index (χ0v) is 11.3. The number of hydrogen-bond donors (Lipinski definition) is 1. The number of phenolic OH excluding ortho intramolecular Hbond substituents is 1. The molecule has 1 aromatic carbocycles. The van der Waals surface area contributed by atoms with E-state index in [2.05, 4.69) is 31.7 Å². The van der Waals surface area contributed by atoms with Crippen molar-refractivity contribution in [3.63, 3.8) is 0 Å². The fourth-order valence-electron chi connectivity index (χ4n) is 2.25. The summed E-state index contributed by atoms with van der Waals surface area (Å²) in [5, 5.41) is 9.59. The summed E-state index contributed by atoms with van der Waals surface area (Å²) in [5.74, 6) is 0.356. The first-order valence-corrected chi connectivity index (χ1v) is 6.78. The van der Waals surface area contributed by atoms with Crippen molar-refractivity contribution in [1.29, 1.82) is 0 Å². The number of phenols is 1. The van der Waals surface area contributed by atoms with Crippen LogP contribution in [0.3, 0.4) is 0 Å². The van der Waals surface area contributed by atoms with E-state index < -0.39 is 0 Å². The largest absolute Gasteiger partial charge is 0.508 e. The molecule has 17 heavy (non-hydrogen) atoms. The monoisotopic (exact) mass is 235 g/mol. The average molecular weight is 235 g/mol. The molecule has 1 rings (SSSR count). The summed E-state index contributed by atoms with van der Waals surface area (Å²) in [7, 11) is 0. The lowest BCUT2D eigenvalue weighted by Crippen LogP contribution is -2.35. The lowest BCUT2D eigenvalue weighted by atomic mass is 10.1. The van der Waals surface area contributed by atoms with Gasteiger partial charge >= 0.3 is 0 Å². The number of unbranched alkanes of at least 4 members (excludes halogenated alkanes) is 1. The van der Waals surface area contributed by atoms with E-state index in [1.165, 1.54) is 12.8 Å². The highest BCUT2D eigenvalue weighted by Gasteiger charge is 2.15. The molecule has 1 N–H and O–H groups in total. The zero-order valence-electron chi connectivity index (χ0n) is 11.3. The quantitative estimate of drug-likeness (QED) is 0.766. The number of aromatic hydroxyl groups is 1. The van der Waals surface area contributed by atoms with Gasteiger partial charge in [0.15, 0.2) is 0 Å². The number of nitrogens with zero attached hydrogens (tertiary/aromatic N) is 1. The maximum atomic E-state index is 9.59. The van der Waals surface area contributed by atoms with Gasteiger partial charge in [0.2, 0.25) is 0 Å². The van der Waals surface area contributed by atoms with Crippen molar-refractivity contribution in [3.8, 4) is 5.75 Å². The third kappa shape index (κ3) is 3.95. The highest BCUT2D eigenvalue weighted by Crippen LogP contribution is 2.24. The molecule has 0 saturated carbocycles. The van der Waals surface area contributed by atoms with Crippen molar-refractivity contribution >= 4 is 5.69 Å². The molecule has 0 bridgehead atoms. The third-order valence-corrected chi connectivity index (χ3v) is 3.30. The first-order valence-electron chi connectivity index (χ1n) is 6.78. The van der Waals surface area contributed by atoms with E-state index in [1.54, 1.807) is 6.07 Å². The van der Waals surface area contributed by atoms with Gasteiger partial charge in [0.05, 0.1) is 0 Å². The van der Waals surface area contributed by atoms with E-state index in [1.807, 2.05) is 12.1 Å². The van der Waals surface area contributed by atoms with Gasteiger partial charge in [-0.1, -0.05) is 33.3 Å². The molecular formula is C15H25NO. The SMILES string of the molecule is CCCCN(c1cccc(O)c1)C(CC)CC. The molecule has 0 unspecified atom stereocenters. The summed E-state index contributed by atoms with van der Waals surface area (Å²) < 4.78 is 0. The van der Waals surface area contributed by atoms with Crippen LogP contribution in [0.25, 0.3) is 0 Å². The molecule has 0 spiro atoms. The number of rotatable bonds is 7. The standard InChI is InChI=1S/C15H25NO/c1-4-7-11-16(13(5-2)6-3)14-9-8-10-15(17)12-14/h8-10,12-13,17H,4-7,11H2,1-3H3. The summed E-state index contributed by atoms with van der Waals surface area (Å²) in [6.45, 7) is 7.76. The van der Waals surface area contributed by atoms with Crippen molar-refractivity contribution in [2.24, 2.45) is 0 Å². The smallest absolute Gasteiger partial charge is 0.117 e. The fourth-order valence-corrected chi connectivity index (χ4v) is 2.25. The molecule has 1 aromatic rings. The average Bonchev–Trinajstić information content (AvgIpc) is 2.34. The second-order valence-electron chi connectivity index (χ2n) is 4.54. The molecule has 96 valence electrons. The van der Waals surface area contributed by atoms with Crippen LogP contribution in [0.4, 0.5) is 5.69 Å². The molecule has 2 nitrogen and oxygen atoms in total. The van der Waals surface area contributed by atoms with E-state index in [0.29, 0.717) is 11.8 Å². The molecule has 0 aromatic heterocycles. The molecule has 0 amide bonds. The van der Waals surface area contributed by atoms with Crippen molar-refractivity contribution in [1.82, 2.24) is 0 Å². The fraction of sp³-hybridized carbons (Fsp3) is 0.600. The Morgan fingerprint density at radius 2 is 1.88 bits per heavy atom. The van der Waals surface area contributed by atoms with E-state index in [0.717, 1.165) is 25.1 Å². The van der Waals surface area contributed by atoms with Crippen molar-refractivity contribution in [3.05, 3.63) is 24.3 Å². The van der Waals surface area contributed by atoms with Gasteiger partial charge in [0.25, 0.3) is 0 Å². The van der Waals surface area contributed by atoms with Crippen LogP contribution >= 0.6 is 0 Å². The molecule has 0 aliphatic heterocycles. The predicted octanol–water partition coefficient (Wildman–Crippen LogP) is 4.19. The van der Waals surface area contributed by atoms with Crippen LogP contribution in [0, 0.1) is 0 Å². The van der Waals surface area contributed by atoms with Crippen molar-refractivity contribution in [2.75, 3.05) is 11.4 Å². The summed E-state index contributed by atoms with van der Waals surface area (Å²) in [6.07, 6.45) is 4.70. The Kier molecular flexibility index (Phi) is 5.88. The van der Waals surface area contributed by atoms with E-state index >= 15 is 0 Å². The summed E-state index contributed by atoms with van der Waals surface area (Å²) in [5.41, 5.74) is 1.15. The Hall–Kier alpha value is -1.18. The Balaban J connectivity index is 2.88. The second-order valence-corrected chi connectivity index (χ2v) is 4.54. The maximum Gasteiger partial charge on any atom is 0.117 e. The van der Waals surface area contributed by atoms with Gasteiger partial charge in [-0.25, -0.2) is 0 Å². The molecule has 0 aliphatic rings. The Morgan fingerprint density at radius 1 is 1.18 bits per heavy atom. The van der Waals surface area contributed by atoms with E-state index in [9.17, 15) is 5.11 Å². The zero-order chi connectivity index (χ0) is 12.7. The van der Waals surface area contributed by atoms with E-state index in [-0.39, 0.29) is 0 Å². The maximum absolute atomic E-state index is 9.59. The Labute approximate surface area is 105 Å². The van der Waals surface area contributed by atoms with Crippen LogP contribution in [-0.2, 0) is 0 Å². The molecule has 0 atom stereocenters. The van der Waals surface area contributed by atoms with Gasteiger partial charge in [0, 0.05) is 24.3 Å². The number of benzene rings is 1. The lowest BCUT2D eigenvalue weighted by molar-refractivity contribution is 0.474. The summed E-state index contributed by atoms with van der Waals surface area (Å²) in [4.78, 5) is 2.43. The third-order valence-electron chi connectivity index (χ3n) is 3.30. The molecule has 0 heterocycles. The van der Waals surface area contributed by atoms with Gasteiger partial charge in [-0.2, -0.15) is 0 Å².